The summed E-state index contributed by atoms with van der Waals surface area (Å²) in [6.07, 6.45) is 19.0. The van der Waals surface area contributed by atoms with Crippen molar-refractivity contribution in [3.05, 3.63) is 12.2 Å². The predicted octanol–water partition coefficient (Wildman–Crippen LogP) is 4.52. The van der Waals surface area contributed by atoms with Crippen LogP contribution in [0.2, 0.25) is 0 Å². The van der Waals surface area contributed by atoms with E-state index in [-0.39, 0.29) is 13.2 Å². The van der Waals surface area contributed by atoms with E-state index in [0.717, 1.165) is 12.8 Å². The standard InChI is InChI=1S/C24H46O5/c1-2-3-4-5-6-7-8-9-10-11-12-13-14-15-16-17-18-28-19-22(26)24-23(27)21(25)20-29-24/h9-10,21-27H,2-8,11-20H2,1H3/b10-9+/t21-,22+,23-,24-/m1/s1. The van der Waals surface area contributed by atoms with Gasteiger partial charge in [-0.15, -0.1) is 0 Å². The summed E-state index contributed by atoms with van der Waals surface area (Å²) in [7, 11) is 0. The summed E-state index contributed by atoms with van der Waals surface area (Å²) >= 11 is 0. The minimum absolute atomic E-state index is 0.0673. The van der Waals surface area contributed by atoms with Crippen LogP contribution in [0.4, 0.5) is 0 Å². The zero-order valence-corrected chi connectivity index (χ0v) is 18.6. The Kier molecular flexibility index (Phi) is 16.8. The van der Waals surface area contributed by atoms with Gasteiger partial charge in [-0.1, -0.05) is 76.9 Å². The van der Waals surface area contributed by atoms with Crippen LogP contribution in [0, 0.1) is 0 Å². The highest BCUT2D eigenvalue weighted by Crippen LogP contribution is 2.18. The van der Waals surface area contributed by atoms with Crippen molar-refractivity contribution >= 4 is 0 Å². The van der Waals surface area contributed by atoms with Crippen molar-refractivity contribution < 1.29 is 24.8 Å². The molecule has 1 saturated heterocycles. The first-order chi connectivity index (χ1) is 14.2. The summed E-state index contributed by atoms with van der Waals surface area (Å²) in [5, 5.41) is 29.0. The average molecular weight is 415 g/mol. The van der Waals surface area contributed by atoms with E-state index in [1.54, 1.807) is 0 Å². The summed E-state index contributed by atoms with van der Waals surface area (Å²) in [5.41, 5.74) is 0. The smallest absolute Gasteiger partial charge is 0.114 e. The molecule has 1 aliphatic rings. The van der Waals surface area contributed by atoms with Gasteiger partial charge in [0.2, 0.25) is 0 Å². The summed E-state index contributed by atoms with van der Waals surface area (Å²) in [4.78, 5) is 0. The van der Waals surface area contributed by atoms with Crippen molar-refractivity contribution in [1.29, 1.82) is 0 Å². The van der Waals surface area contributed by atoms with Crippen LogP contribution >= 0.6 is 0 Å². The number of unbranched alkanes of at least 4 members (excludes halogenated alkanes) is 12. The minimum Gasteiger partial charge on any atom is -0.388 e. The van der Waals surface area contributed by atoms with Gasteiger partial charge in [-0.2, -0.15) is 0 Å². The molecular formula is C24H46O5. The number of rotatable bonds is 19. The molecule has 0 amide bonds. The molecule has 1 heterocycles. The lowest BCUT2D eigenvalue weighted by Gasteiger charge is -2.20. The van der Waals surface area contributed by atoms with Gasteiger partial charge in [-0.25, -0.2) is 0 Å². The van der Waals surface area contributed by atoms with Gasteiger partial charge < -0.3 is 24.8 Å². The lowest BCUT2D eigenvalue weighted by atomic mass is 10.1. The molecule has 0 aromatic heterocycles. The number of aliphatic hydroxyl groups excluding tert-OH is 3. The highest BCUT2D eigenvalue weighted by Gasteiger charge is 2.39. The van der Waals surface area contributed by atoms with Crippen LogP contribution in [-0.4, -0.2) is 59.6 Å². The highest BCUT2D eigenvalue weighted by molar-refractivity contribution is 4.87. The maximum atomic E-state index is 9.95. The maximum Gasteiger partial charge on any atom is 0.114 e. The summed E-state index contributed by atoms with van der Waals surface area (Å²) in [6, 6.07) is 0. The second-order valence-corrected chi connectivity index (χ2v) is 8.44. The molecule has 5 heteroatoms. The first-order valence-corrected chi connectivity index (χ1v) is 12.0. The monoisotopic (exact) mass is 414 g/mol. The molecule has 0 saturated carbocycles. The quantitative estimate of drug-likeness (QED) is 0.214. The minimum atomic E-state index is -1.03. The van der Waals surface area contributed by atoms with Crippen LogP contribution in [0.1, 0.15) is 96.8 Å². The van der Waals surface area contributed by atoms with E-state index < -0.39 is 24.4 Å². The number of allylic oxidation sites excluding steroid dienone is 2. The van der Waals surface area contributed by atoms with Crippen LogP contribution < -0.4 is 0 Å². The first-order valence-electron chi connectivity index (χ1n) is 12.0. The Bertz CT molecular complexity index is 387. The molecular weight excluding hydrogens is 368 g/mol. The Hall–Kier alpha value is -0.460. The molecule has 0 aromatic carbocycles. The fraction of sp³-hybridized carbons (Fsp3) is 0.917. The zero-order chi connectivity index (χ0) is 21.2. The Morgan fingerprint density at radius 2 is 1.41 bits per heavy atom. The van der Waals surface area contributed by atoms with E-state index in [1.165, 1.54) is 77.0 Å². The van der Waals surface area contributed by atoms with Gasteiger partial charge in [-0.05, 0) is 32.1 Å². The van der Waals surface area contributed by atoms with Crippen LogP contribution in [0.15, 0.2) is 12.2 Å². The number of hydrogen-bond acceptors (Lipinski definition) is 5. The average Bonchev–Trinajstić information content (AvgIpc) is 3.05. The molecule has 3 N–H and O–H groups in total. The van der Waals surface area contributed by atoms with Crippen molar-refractivity contribution in [2.45, 2.75) is 121 Å². The second kappa shape index (κ2) is 18.3. The van der Waals surface area contributed by atoms with E-state index in [2.05, 4.69) is 19.1 Å². The number of aliphatic hydroxyl groups is 3. The number of ether oxygens (including phenoxy) is 2. The third kappa shape index (κ3) is 13.5. The van der Waals surface area contributed by atoms with Crippen LogP contribution in [0.3, 0.4) is 0 Å². The van der Waals surface area contributed by atoms with Gasteiger partial charge in [0, 0.05) is 6.61 Å². The Labute approximate surface area is 178 Å². The lowest BCUT2D eigenvalue weighted by Crippen LogP contribution is -2.40. The van der Waals surface area contributed by atoms with Gasteiger partial charge in [-0.3, -0.25) is 0 Å². The fourth-order valence-corrected chi connectivity index (χ4v) is 3.72. The van der Waals surface area contributed by atoms with E-state index in [1.807, 2.05) is 0 Å². The predicted molar refractivity (Wildman–Crippen MR) is 118 cm³/mol. The molecule has 0 aromatic rings. The van der Waals surface area contributed by atoms with Crippen molar-refractivity contribution in [3.63, 3.8) is 0 Å². The summed E-state index contributed by atoms with van der Waals surface area (Å²) < 4.78 is 10.7. The van der Waals surface area contributed by atoms with Crippen molar-refractivity contribution in [2.75, 3.05) is 19.8 Å². The molecule has 0 radical (unpaired) electrons. The van der Waals surface area contributed by atoms with E-state index >= 15 is 0 Å². The summed E-state index contributed by atoms with van der Waals surface area (Å²) in [5.74, 6) is 0. The van der Waals surface area contributed by atoms with Gasteiger partial charge in [0.15, 0.2) is 0 Å². The van der Waals surface area contributed by atoms with Crippen LogP contribution in [0.25, 0.3) is 0 Å². The lowest BCUT2D eigenvalue weighted by molar-refractivity contribution is -0.0813. The molecule has 172 valence electrons. The molecule has 1 rings (SSSR count). The Balaban J connectivity index is 1.78. The molecule has 0 spiro atoms. The van der Waals surface area contributed by atoms with Gasteiger partial charge in [0.1, 0.15) is 24.4 Å². The molecule has 1 aliphatic heterocycles. The zero-order valence-electron chi connectivity index (χ0n) is 18.6. The van der Waals surface area contributed by atoms with Gasteiger partial charge in [0.05, 0.1) is 13.2 Å². The topological polar surface area (TPSA) is 79.2 Å². The molecule has 0 bridgehead atoms. The number of hydrogen-bond donors (Lipinski definition) is 3. The van der Waals surface area contributed by atoms with Crippen molar-refractivity contribution in [3.8, 4) is 0 Å². The van der Waals surface area contributed by atoms with Gasteiger partial charge in [0.25, 0.3) is 0 Å². The normalized spacial score (nSPS) is 23.2. The fourth-order valence-electron chi connectivity index (χ4n) is 3.72. The Morgan fingerprint density at radius 1 is 0.862 bits per heavy atom. The molecule has 0 unspecified atom stereocenters. The SMILES string of the molecule is CCCCCCCC/C=C/CCCCCCCCOC[C@H](O)[C@H]1OC[C@@H](O)[C@H]1O. The maximum absolute atomic E-state index is 9.95. The van der Waals surface area contributed by atoms with Crippen LogP contribution in [0.5, 0.6) is 0 Å². The van der Waals surface area contributed by atoms with Crippen molar-refractivity contribution in [2.24, 2.45) is 0 Å². The molecule has 4 atom stereocenters. The molecule has 1 fully saturated rings. The van der Waals surface area contributed by atoms with E-state index in [9.17, 15) is 15.3 Å². The molecule has 5 nitrogen and oxygen atoms in total. The van der Waals surface area contributed by atoms with Crippen LogP contribution in [-0.2, 0) is 9.47 Å². The Morgan fingerprint density at radius 3 is 1.97 bits per heavy atom. The highest BCUT2D eigenvalue weighted by atomic mass is 16.5. The first kappa shape index (κ1) is 26.6. The third-order valence-electron chi connectivity index (χ3n) is 5.66. The van der Waals surface area contributed by atoms with Crippen molar-refractivity contribution in [1.82, 2.24) is 0 Å². The van der Waals surface area contributed by atoms with Gasteiger partial charge >= 0.3 is 0 Å². The molecule has 0 aliphatic carbocycles. The largest absolute Gasteiger partial charge is 0.388 e. The second-order valence-electron chi connectivity index (χ2n) is 8.44. The molecule has 29 heavy (non-hydrogen) atoms. The van der Waals surface area contributed by atoms with E-state index in [4.69, 9.17) is 9.47 Å². The third-order valence-corrected chi connectivity index (χ3v) is 5.66. The van der Waals surface area contributed by atoms with E-state index in [0.29, 0.717) is 6.61 Å². The summed E-state index contributed by atoms with van der Waals surface area (Å²) in [6.45, 7) is 3.08.